The largest absolute Gasteiger partial charge is 0.504 e. The van der Waals surface area contributed by atoms with Gasteiger partial charge in [0, 0.05) is 46.2 Å². The number of aromatic hydroxyl groups is 1. The lowest BCUT2D eigenvalue weighted by Crippen LogP contribution is -2.36. The Bertz CT molecular complexity index is 3080. The Morgan fingerprint density at radius 1 is 0.640 bits per heavy atom. The molecule has 2 atom stereocenters. The summed E-state index contributed by atoms with van der Waals surface area (Å²) in [5, 5.41) is 33.1. The minimum absolute atomic E-state index is 0.00513. The zero-order chi connectivity index (χ0) is 54.8. The fraction of sp³-hybridized carbons (Fsp3) is 0.390. The molecular formula is C59H66Cl2F2N4O8. The highest BCUT2D eigenvalue weighted by molar-refractivity contribution is 6.31. The smallest absolute Gasteiger partial charge is 0.163 e. The van der Waals surface area contributed by atoms with E-state index in [4.69, 9.17) is 48.1 Å². The minimum Gasteiger partial charge on any atom is -0.504 e. The molecule has 2 fully saturated rings. The number of ketones is 2. The van der Waals surface area contributed by atoms with E-state index in [-0.39, 0.29) is 65.3 Å². The molecule has 0 saturated heterocycles. The van der Waals surface area contributed by atoms with Crippen molar-refractivity contribution in [1.82, 2.24) is 14.9 Å². The van der Waals surface area contributed by atoms with Crippen LogP contribution in [0, 0.1) is 11.6 Å². The molecule has 12 nitrogen and oxygen atoms in total. The van der Waals surface area contributed by atoms with Crippen molar-refractivity contribution in [2.24, 2.45) is 5.73 Å². The summed E-state index contributed by atoms with van der Waals surface area (Å²) in [6, 6.07) is 25.8. The maximum Gasteiger partial charge on any atom is 0.163 e. The molecule has 4 aromatic carbocycles. The number of Topliss-reactive ketones (excluding diaryl/α,β-unsaturated/α-hetero) is 2. The molecule has 0 spiro atoms. The van der Waals surface area contributed by atoms with Gasteiger partial charge in [-0.25, -0.2) is 18.7 Å². The van der Waals surface area contributed by atoms with E-state index < -0.39 is 33.9 Å². The van der Waals surface area contributed by atoms with Crippen LogP contribution in [0.4, 0.5) is 8.78 Å². The number of halogens is 4. The van der Waals surface area contributed by atoms with E-state index in [1.807, 2.05) is 40.1 Å². The van der Waals surface area contributed by atoms with Crippen LogP contribution in [0.25, 0.3) is 22.5 Å². The van der Waals surface area contributed by atoms with Crippen LogP contribution >= 0.6 is 23.2 Å². The fourth-order valence-electron chi connectivity index (χ4n) is 7.92. The van der Waals surface area contributed by atoms with Gasteiger partial charge in [0.1, 0.15) is 22.8 Å². The standard InChI is InChI=1S/C31H36ClFN2O4.C28H30ClFN2O4/c1-30(2,35(4)5)21-17-25(19-7-11-24(33)23(32)15-19)34-29(18-21)31(3,37)14-13-26(36)20-8-12-27(28(16-20)38-6)39-22-9-10-22;1-27(2,31)18-14-22(16-4-8-21(30)20(29)12-16)32-26(15-18)28(3,35)11-10-23(33)17-5-9-25(24(34)13-17)36-19-6-7-19/h7-8,11-12,15-18,22,37H,9-10,13-14H2,1-6H3;4-5,8-9,12-15,19,34-35H,6-7,10-11,31H2,1-3H3. The van der Waals surface area contributed by atoms with E-state index >= 15 is 0 Å². The first-order chi connectivity index (χ1) is 35.1. The highest BCUT2D eigenvalue weighted by Gasteiger charge is 2.33. The topological polar surface area (TPSA) is 178 Å². The van der Waals surface area contributed by atoms with Gasteiger partial charge in [0.25, 0.3) is 0 Å². The number of rotatable bonds is 20. The number of phenolic OH excluding ortho intramolecular Hbond substituents is 1. The minimum atomic E-state index is -1.47. The average Bonchev–Trinajstić information content (AvgIpc) is 4.33. The van der Waals surface area contributed by atoms with Crippen molar-refractivity contribution < 1.29 is 47.9 Å². The third kappa shape index (κ3) is 14.3. The van der Waals surface area contributed by atoms with E-state index in [9.17, 15) is 33.7 Å². The Labute approximate surface area is 447 Å². The Kier molecular flexibility index (Phi) is 17.2. The number of aliphatic hydroxyl groups is 2. The van der Waals surface area contributed by atoms with E-state index in [1.165, 1.54) is 30.3 Å². The van der Waals surface area contributed by atoms with Gasteiger partial charge in [-0.3, -0.25) is 9.59 Å². The van der Waals surface area contributed by atoms with Crippen molar-refractivity contribution in [3.8, 4) is 45.5 Å². The molecule has 16 heteroatoms. The number of carbonyl (C=O) groups is 2. The molecule has 0 aliphatic heterocycles. The lowest BCUT2D eigenvalue weighted by Gasteiger charge is -2.34. The first kappa shape index (κ1) is 56.7. The molecule has 0 radical (unpaired) electrons. The first-order valence-corrected chi connectivity index (χ1v) is 25.7. The summed E-state index contributed by atoms with van der Waals surface area (Å²) in [6.45, 7) is 11.0. The van der Waals surface area contributed by atoms with Crippen LogP contribution in [0.1, 0.15) is 136 Å². The van der Waals surface area contributed by atoms with Crippen molar-refractivity contribution in [1.29, 1.82) is 0 Å². The highest BCUT2D eigenvalue weighted by Crippen LogP contribution is 2.39. The number of nitrogens with zero attached hydrogens (tertiary/aromatic N) is 3. The molecule has 6 aromatic rings. The molecule has 2 aromatic heterocycles. The third-order valence-electron chi connectivity index (χ3n) is 13.8. The van der Waals surface area contributed by atoms with Gasteiger partial charge in [0.2, 0.25) is 0 Å². The molecule has 2 aliphatic rings. The van der Waals surface area contributed by atoms with Crippen LogP contribution in [0.3, 0.4) is 0 Å². The molecule has 0 bridgehead atoms. The quantitative estimate of drug-likeness (QED) is 0.0533. The molecule has 0 amide bonds. The van der Waals surface area contributed by atoms with Crippen molar-refractivity contribution in [3.63, 3.8) is 0 Å². The zero-order valence-corrected chi connectivity index (χ0v) is 45.4. The van der Waals surface area contributed by atoms with Crippen molar-refractivity contribution in [2.75, 3.05) is 21.2 Å². The number of nitrogens with two attached hydrogens (primary N) is 1. The van der Waals surface area contributed by atoms with Crippen molar-refractivity contribution in [3.05, 3.63) is 152 Å². The van der Waals surface area contributed by atoms with Gasteiger partial charge in [0.15, 0.2) is 34.6 Å². The number of aromatic nitrogens is 2. The van der Waals surface area contributed by atoms with Gasteiger partial charge >= 0.3 is 0 Å². The van der Waals surface area contributed by atoms with Crippen LogP contribution < -0.4 is 19.9 Å². The maximum atomic E-state index is 13.9. The molecule has 398 valence electrons. The Balaban J connectivity index is 0.000000219. The molecule has 5 N–H and O–H groups in total. The number of pyridine rings is 2. The van der Waals surface area contributed by atoms with Crippen LogP contribution in [0.5, 0.6) is 23.0 Å². The van der Waals surface area contributed by atoms with Gasteiger partial charge in [0.05, 0.1) is 52.1 Å². The summed E-state index contributed by atoms with van der Waals surface area (Å²) in [5.41, 5.74) is 7.76. The van der Waals surface area contributed by atoms with Gasteiger partial charge in [-0.1, -0.05) is 23.2 Å². The summed E-state index contributed by atoms with van der Waals surface area (Å²) in [6.07, 6.45) is 4.66. The average molecular weight is 1070 g/mol. The van der Waals surface area contributed by atoms with Crippen LogP contribution in [-0.4, -0.2) is 75.2 Å². The van der Waals surface area contributed by atoms with Crippen molar-refractivity contribution >= 4 is 34.8 Å². The lowest BCUT2D eigenvalue weighted by atomic mass is 9.87. The van der Waals surface area contributed by atoms with Crippen molar-refractivity contribution in [2.45, 2.75) is 127 Å². The Hall–Kier alpha value is -6.00. The molecule has 8 rings (SSSR count). The highest BCUT2D eigenvalue weighted by atomic mass is 35.5. The normalized spacial score (nSPS) is 15.3. The summed E-state index contributed by atoms with van der Waals surface area (Å²) in [4.78, 5) is 37.4. The van der Waals surface area contributed by atoms with Crippen LogP contribution in [-0.2, 0) is 22.3 Å². The summed E-state index contributed by atoms with van der Waals surface area (Å²) in [5.74, 6) is 0.0102. The van der Waals surface area contributed by atoms with Gasteiger partial charge in [-0.15, -0.1) is 0 Å². The molecule has 2 aliphatic carbocycles. The second kappa shape index (κ2) is 22.7. The summed E-state index contributed by atoms with van der Waals surface area (Å²) >= 11 is 12.0. The second-order valence-corrected chi connectivity index (χ2v) is 22.1. The van der Waals surface area contributed by atoms with E-state index in [0.29, 0.717) is 67.8 Å². The SMILES string of the molecule is CC(C)(N)c1cc(-c2ccc(F)c(Cl)c2)nc(C(C)(O)CCC(=O)c2ccc(OC3CC3)c(O)c2)c1.COc1cc(C(=O)CCC(C)(O)c2cc(C(C)(C)N(C)C)cc(-c3ccc(F)c(Cl)c3)n2)ccc1OC1CC1. The number of methoxy groups -OCH3 is 1. The molecule has 2 saturated carbocycles. The van der Waals surface area contributed by atoms with E-state index in [2.05, 4.69) is 23.7 Å². The van der Waals surface area contributed by atoms with Gasteiger partial charge in [-0.2, -0.15) is 0 Å². The predicted molar refractivity (Wildman–Crippen MR) is 288 cm³/mol. The lowest BCUT2D eigenvalue weighted by molar-refractivity contribution is 0.0394. The zero-order valence-electron chi connectivity index (χ0n) is 43.9. The van der Waals surface area contributed by atoms with Crippen LogP contribution in [0.2, 0.25) is 10.0 Å². The monoisotopic (exact) mass is 1070 g/mol. The number of ether oxygens (including phenoxy) is 3. The Morgan fingerprint density at radius 2 is 1.08 bits per heavy atom. The van der Waals surface area contributed by atoms with Gasteiger partial charge < -0.3 is 40.2 Å². The third-order valence-corrected chi connectivity index (χ3v) is 14.4. The number of hydrogen-bond acceptors (Lipinski definition) is 12. The van der Waals surface area contributed by atoms with Gasteiger partial charge in [-0.05, 0) is 202 Å². The van der Waals surface area contributed by atoms with Crippen LogP contribution in [0.15, 0.2) is 97.1 Å². The second-order valence-electron chi connectivity index (χ2n) is 21.3. The first-order valence-electron chi connectivity index (χ1n) is 24.9. The van der Waals surface area contributed by atoms with E-state index in [0.717, 1.165) is 31.2 Å². The molecular weight excluding hydrogens is 1000 g/mol. The number of hydrogen-bond donors (Lipinski definition) is 4. The van der Waals surface area contributed by atoms with E-state index in [1.54, 1.807) is 75.6 Å². The Morgan fingerprint density at radius 3 is 1.51 bits per heavy atom. The number of carbonyl (C=O) groups excluding carboxylic acids is 2. The molecule has 2 unspecified atom stereocenters. The molecule has 75 heavy (non-hydrogen) atoms. The summed E-state index contributed by atoms with van der Waals surface area (Å²) < 4.78 is 44.5. The molecule has 2 heterocycles. The fourth-order valence-corrected chi connectivity index (χ4v) is 8.28. The maximum absolute atomic E-state index is 13.9. The predicted octanol–water partition coefficient (Wildman–Crippen LogP) is 12.6. The summed E-state index contributed by atoms with van der Waals surface area (Å²) in [7, 11) is 5.50. The number of benzene rings is 4. The number of phenols is 1.